The van der Waals surface area contributed by atoms with Gasteiger partial charge in [0.1, 0.15) is 33.5 Å². The molecule has 0 amide bonds. The van der Waals surface area contributed by atoms with E-state index in [2.05, 4.69) is 497 Å². The van der Waals surface area contributed by atoms with Crippen molar-refractivity contribution in [2.75, 3.05) is 0 Å². The lowest BCUT2D eigenvalue weighted by atomic mass is 9.96. The van der Waals surface area contributed by atoms with E-state index in [4.69, 9.17) is 13.3 Å². The molecule has 0 bridgehead atoms. The molecule has 28 rings (SSSR count). The molecule has 28 aromatic rings. The van der Waals surface area contributed by atoms with Crippen LogP contribution in [0.4, 0.5) is 0 Å². The highest BCUT2D eigenvalue weighted by Crippen LogP contribution is 2.44. The molecule has 144 heavy (non-hydrogen) atoms. The molecule has 22 aromatic carbocycles. The van der Waals surface area contributed by atoms with Crippen LogP contribution in [0.5, 0.6) is 0 Å². The predicted octanol–water partition coefficient (Wildman–Crippen LogP) is 41.4. The van der Waals surface area contributed by atoms with E-state index in [0.29, 0.717) is 0 Å². The molecule has 688 valence electrons. The molecule has 0 aliphatic rings. The number of rotatable bonds is 10. The summed E-state index contributed by atoms with van der Waals surface area (Å²) in [6.45, 7) is 12.8. The van der Waals surface area contributed by atoms with Gasteiger partial charge in [-0.25, -0.2) is 0 Å². The average molecular weight is 1900 g/mol. The maximum atomic E-state index is 6.06. The number of aryl methyl sites for hydroxylation is 6. The summed E-state index contributed by atoms with van der Waals surface area (Å²) in [7, 11) is 0. The van der Waals surface area contributed by atoms with Crippen molar-refractivity contribution in [3.05, 3.63) is 531 Å². The number of thiophene rings is 3. The Bertz CT molecular complexity index is 9040. The lowest BCUT2D eigenvalue weighted by molar-refractivity contribution is 0.668. The minimum Gasteiger partial charge on any atom is -0.456 e. The third-order valence-electron chi connectivity index (χ3n) is 27.2. The van der Waals surface area contributed by atoms with Crippen LogP contribution in [-0.4, -0.2) is 0 Å². The van der Waals surface area contributed by atoms with Crippen LogP contribution in [-0.2, 0) is 0 Å². The number of hydrogen-bond acceptors (Lipinski definition) is 6. The van der Waals surface area contributed by atoms with Gasteiger partial charge in [-0.3, -0.25) is 0 Å². The Balaban J connectivity index is 0.0000000960. The summed E-state index contributed by atoms with van der Waals surface area (Å²) in [6.07, 6.45) is 0. The molecule has 0 saturated heterocycles. The molecular formula is C138H100O3S3. The van der Waals surface area contributed by atoms with E-state index in [1.54, 1.807) is 0 Å². The van der Waals surface area contributed by atoms with Crippen LogP contribution in [0.25, 0.3) is 238 Å². The number of benzene rings is 22. The molecule has 0 aliphatic heterocycles. The summed E-state index contributed by atoms with van der Waals surface area (Å²) in [5.41, 5.74) is 38.2. The minimum absolute atomic E-state index is 0.935. The van der Waals surface area contributed by atoms with Crippen molar-refractivity contribution in [2.45, 2.75) is 41.5 Å². The first-order chi connectivity index (χ1) is 70.7. The Hall–Kier alpha value is -17.1. The Morgan fingerprint density at radius 3 is 0.646 bits per heavy atom. The Morgan fingerprint density at radius 2 is 0.312 bits per heavy atom. The fourth-order valence-electron chi connectivity index (χ4n) is 19.8. The molecule has 0 atom stereocenters. The van der Waals surface area contributed by atoms with Crippen molar-refractivity contribution in [3.63, 3.8) is 0 Å². The maximum Gasteiger partial charge on any atom is 0.136 e. The van der Waals surface area contributed by atoms with Gasteiger partial charge in [0.2, 0.25) is 0 Å². The minimum atomic E-state index is 0.935. The second-order valence-electron chi connectivity index (χ2n) is 37.4. The second-order valence-corrected chi connectivity index (χ2v) is 40.6. The van der Waals surface area contributed by atoms with Crippen molar-refractivity contribution < 1.29 is 13.3 Å². The fraction of sp³-hybridized carbons (Fsp3) is 0.0435. The van der Waals surface area contributed by atoms with Crippen LogP contribution in [0, 0.1) is 41.5 Å². The molecular weight excluding hydrogens is 1800 g/mol. The van der Waals surface area contributed by atoms with Crippen molar-refractivity contribution in [3.8, 4) is 111 Å². The largest absolute Gasteiger partial charge is 0.456 e. The third kappa shape index (κ3) is 19.3. The van der Waals surface area contributed by atoms with Crippen LogP contribution >= 0.6 is 34.0 Å². The van der Waals surface area contributed by atoms with Gasteiger partial charge in [0.25, 0.3) is 0 Å². The zero-order valence-corrected chi connectivity index (χ0v) is 83.2. The highest BCUT2D eigenvalue weighted by Gasteiger charge is 2.18. The summed E-state index contributed by atoms with van der Waals surface area (Å²) in [6, 6.07) is 177. The fourth-order valence-corrected chi connectivity index (χ4v) is 23.3. The maximum absolute atomic E-state index is 6.06. The van der Waals surface area contributed by atoms with Gasteiger partial charge in [-0.15, -0.1) is 34.0 Å². The topological polar surface area (TPSA) is 39.4 Å². The van der Waals surface area contributed by atoms with Crippen molar-refractivity contribution in [1.82, 2.24) is 0 Å². The van der Waals surface area contributed by atoms with E-state index in [1.807, 2.05) is 76.5 Å². The molecule has 0 unspecified atom stereocenters. The number of hydrogen-bond donors (Lipinski definition) is 0. The van der Waals surface area contributed by atoms with Crippen LogP contribution in [0.1, 0.15) is 33.4 Å². The van der Waals surface area contributed by atoms with E-state index in [1.165, 1.54) is 237 Å². The van der Waals surface area contributed by atoms with Crippen LogP contribution in [0.3, 0.4) is 0 Å². The Morgan fingerprint density at radius 1 is 0.111 bits per heavy atom. The van der Waals surface area contributed by atoms with Gasteiger partial charge < -0.3 is 13.3 Å². The van der Waals surface area contributed by atoms with Crippen molar-refractivity contribution in [2.24, 2.45) is 0 Å². The predicted molar refractivity (Wildman–Crippen MR) is 622 cm³/mol. The lowest BCUT2D eigenvalue weighted by Gasteiger charge is -2.09. The van der Waals surface area contributed by atoms with Gasteiger partial charge in [0.05, 0.1) is 0 Å². The van der Waals surface area contributed by atoms with Gasteiger partial charge in [-0.05, 0) is 279 Å². The third-order valence-corrected chi connectivity index (χ3v) is 30.6. The molecule has 0 radical (unpaired) electrons. The second kappa shape index (κ2) is 40.2. The summed E-state index contributed by atoms with van der Waals surface area (Å²) in [5.74, 6) is 0. The van der Waals surface area contributed by atoms with Crippen molar-refractivity contribution in [1.29, 1.82) is 0 Å². The van der Waals surface area contributed by atoms with Gasteiger partial charge >= 0.3 is 0 Å². The van der Waals surface area contributed by atoms with Gasteiger partial charge in [0.15, 0.2) is 0 Å². The molecule has 0 fully saturated rings. The first-order valence-corrected chi connectivity index (χ1v) is 51.5. The monoisotopic (exact) mass is 1900 g/mol. The summed E-state index contributed by atoms with van der Waals surface area (Å²) < 4.78 is 26.2. The van der Waals surface area contributed by atoms with E-state index >= 15 is 0 Å². The first-order valence-electron chi connectivity index (χ1n) is 49.1. The van der Waals surface area contributed by atoms with E-state index in [0.717, 1.165) is 33.5 Å². The molecule has 6 heterocycles. The number of para-hydroxylation sites is 3. The normalized spacial score (nSPS) is 11.3. The van der Waals surface area contributed by atoms with Crippen molar-refractivity contribution >= 4 is 160 Å². The molecule has 6 heteroatoms. The standard InChI is InChI=1S/2C25H18O.2C25H18S.C19H14O.C19H14S/c1-17-9-11-18(12-10-17)19-5-4-6-20(15-19)21-13-14-23-22-7-2-3-8-24(22)26-25(23)16-21;1-17-13-20(18-7-3-2-4-8-18)15-21(14-17)19-11-12-23-22-9-5-6-10-24(22)26-25(23)16-19;1-17-9-11-18(12-10-17)19-5-4-6-20(15-19)21-13-14-23-22-7-2-3-8-24(22)26-25(23)16-21;1-17-13-20(18-7-3-2-4-8-18)15-21(14-17)19-11-12-23-22-9-5-6-10-24(22)26-25(23)16-19;2*1-13-5-4-6-14(11-13)15-9-10-17-16-7-2-3-8-18(16)20-19(17)12-15/h4*2-16H,1H3;2*2-12H,1H3. The zero-order chi connectivity index (χ0) is 97.1. The Kier molecular flexibility index (Phi) is 25.4. The van der Waals surface area contributed by atoms with E-state index < -0.39 is 0 Å². The highest BCUT2D eigenvalue weighted by molar-refractivity contribution is 7.26. The number of fused-ring (bicyclic) bond motifs is 18. The molecule has 6 aromatic heterocycles. The summed E-state index contributed by atoms with van der Waals surface area (Å²) in [5, 5.41) is 15.2. The van der Waals surface area contributed by atoms with E-state index in [9.17, 15) is 0 Å². The molecule has 0 saturated carbocycles. The molecule has 0 N–H and O–H groups in total. The van der Waals surface area contributed by atoms with Crippen LogP contribution < -0.4 is 0 Å². The summed E-state index contributed by atoms with van der Waals surface area (Å²) >= 11 is 5.62. The van der Waals surface area contributed by atoms with Crippen LogP contribution in [0.15, 0.2) is 511 Å². The molecule has 3 nitrogen and oxygen atoms in total. The SMILES string of the molecule is Cc1cc(-c2ccccc2)cc(-c2ccc3c(c2)oc2ccccc23)c1.Cc1cc(-c2ccccc2)cc(-c2ccc3c(c2)sc2ccccc23)c1.Cc1ccc(-c2cccc(-c3ccc4c(c3)oc3ccccc34)c2)cc1.Cc1ccc(-c2cccc(-c3ccc4c(c3)sc3ccccc34)c2)cc1.Cc1cccc(-c2ccc3c(c2)oc2ccccc23)c1.Cc1cccc(-c2ccc3c(c2)sc2ccccc23)c1. The van der Waals surface area contributed by atoms with Crippen LogP contribution in [0.2, 0.25) is 0 Å². The molecule has 0 spiro atoms. The zero-order valence-electron chi connectivity index (χ0n) is 80.8. The lowest BCUT2D eigenvalue weighted by Crippen LogP contribution is -1.84. The smallest absolute Gasteiger partial charge is 0.136 e. The van der Waals surface area contributed by atoms with Gasteiger partial charge in [-0.2, -0.15) is 0 Å². The molecule has 0 aliphatic carbocycles. The average Bonchev–Trinajstić information content (AvgIpc) is 1.63. The van der Waals surface area contributed by atoms with Gasteiger partial charge in [-0.1, -0.05) is 404 Å². The Labute approximate surface area is 850 Å². The van der Waals surface area contributed by atoms with E-state index in [-0.39, 0.29) is 0 Å². The number of furan rings is 3. The first kappa shape index (κ1) is 90.7. The highest BCUT2D eigenvalue weighted by atomic mass is 32.1. The summed E-state index contributed by atoms with van der Waals surface area (Å²) in [4.78, 5) is 0. The van der Waals surface area contributed by atoms with Gasteiger partial charge in [0, 0.05) is 92.8 Å². The quantitative estimate of drug-likeness (QED) is 0.137.